The fourth-order valence-electron chi connectivity index (χ4n) is 4.72. The highest BCUT2D eigenvalue weighted by Gasteiger charge is 2.54. The zero-order valence-corrected chi connectivity index (χ0v) is 21.1. The maximum Gasteiger partial charge on any atom is 0.185 e. The lowest BCUT2D eigenvalue weighted by atomic mass is 9.83. The molecule has 222 valence electrons. The fraction of sp³-hybridized carbons (Fsp3) is 0.905. The van der Waals surface area contributed by atoms with Gasteiger partial charge in [0, 0.05) is 20.5 Å². The lowest BCUT2D eigenvalue weighted by Crippen LogP contribution is -2.68. The number of aliphatic hydroxyl groups is 4. The van der Waals surface area contributed by atoms with Crippen LogP contribution in [0.15, 0.2) is 0 Å². The van der Waals surface area contributed by atoms with Crippen molar-refractivity contribution < 1.29 is 57.0 Å². The van der Waals surface area contributed by atoms with Crippen molar-refractivity contribution >= 4 is 0 Å². The van der Waals surface area contributed by atoms with E-state index in [2.05, 4.69) is 11.8 Å². The van der Waals surface area contributed by atoms with Gasteiger partial charge in [-0.15, -0.1) is 44.1 Å². The molecule has 38 heavy (non-hydrogen) atoms. The molecular formula is C21H36F5N5O7. The summed E-state index contributed by atoms with van der Waals surface area (Å²) in [6.45, 7) is 0.478. The van der Waals surface area contributed by atoms with Crippen LogP contribution in [-0.4, -0.2) is 125 Å². The standard InChI is InChI=1S/C21H36F5N5O7/c1-21(35)10-36-20(15(33)18(21)31(3)26)38-17-13(30(2)25)9-12(29-24)16(14(17)32)37-19(34)11(28-23)7-5-4-6-8-27-22/h11-20,27-29,32-35H,5,7-10H2,1-3H3. The van der Waals surface area contributed by atoms with Crippen molar-refractivity contribution in [2.24, 2.45) is 0 Å². The Kier molecular flexibility index (Phi) is 12.9. The van der Waals surface area contributed by atoms with Crippen LogP contribution in [0.3, 0.4) is 0 Å². The minimum Gasteiger partial charge on any atom is -0.388 e. The molecule has 0 bridgehead atoms. The summed E-state index contributed by atoms with van der Waals surface area (Å²) in [4.78, 5) is 0. The van der Waals surface area contributed by atoms with Crippen molar-refractivity contribution in [3.05, 3.63) is 0 Å². The van der Waals surface area contributed by atoms with Crippen molar-refractivity contribution in [1.29, 1.82) is 0 Å². The number of hydrogen-bond acceptors (Lipinski definition) is 12. The number of nitrogens with zero attached hydrogens (tertiary/aromatic N) is 2. The molecule has 2 fully saturated rings. The Morgan fingerprint density at radius 2 is 1.79 bits per heavy atom. The highest BCUT2D eigenvalue weighted by molar-refractivity contribution is 5.03. The predicted octanol–water partition coefficient (Wildman–Crippen LogP) is -1.38. The van der Waals surface area contributed by atoms with Crippen LogP contribution in [0, 0.1) is 11.8 Å². The highest BCUT2D eigenvalue weighted by atomic mass is 19.2. The van der Waals surface area contributed by atoms with Crippen LogP contribution in [0.5, 0.6) is 0 Å². The van der Waals surface area contributed by atoms with E-state index in [1.54, 1.807) is 0 Å². The zero-order valence-electron chi connectivity index (χ0n) is 21.1. The second-order valence-corrected chi connectivity index (χ2v) is 9.54. The Labute approximate surface area is 216 Å². The molecule has 7 N–H and O–H groups in total. The summed E-state index contributed by atoms with van der Waals surface area (Å²) in [5, 5.41) is 42.6. The molecule has 0 radical (unpaired) electrons. The molecule has 17 heteroatoms. The first-order chi connectivity index (χ1) is 17.9. The Hall–Kier alpha value is -1.27. The molecule has 0 spiro atoms. The van der Waals surface area contributed by atoms with E-state index in [-0.39, 0.29) is 29.6 Å². The van der Waals surface area contributed by atoms with Gasteiger partial charge in [0.1, 0.15) is 36.1 Å². The number of aliphatic hydroxyl groups excluding tert-OH is 3. The number of rotatable bonds is 12. The molecule has 0 aromatic rings. The van der Waals surface area contributed by atoms with Crippen molar-refractivity contribution in [3.63, 3.8) is 0 Å². The van der Waals surface area contributed by atoms with Crippen LogP contribution in [0.25, 0.3) is 0 Å². The molecule has 11 atom stereocenters. The van der Waals surface area contributed by atoms with E-state index in [1.165, 1.54) is 23.5 Å². The van der Waals surface area contributed by atoms with Crippen LogP contribution in [0.2, 0.25) is 0 Å². The van der Waals surface area contributed by atoms with Gasteiger partial charge in [0.05, 0.1) is 31.3 Å². The molecule has 2 rings (SSSR count). The van der Waals surface area contributed by atoms with Crippen LogP contribution >= 0.6 is 0 Å². The van der Waals surface area contributed by atoms with Crippen molar-refractivity contribution in [2.45, 2.75) is 93.0 Å². The molecule has 12 nitrogen and oxygen atoms in total. The topological polar surface area (TPSA) is 151 Å². The molecule has 0 aromatic heterocycles. The molecular weight excluding hydrogens is 529 g/mol. The summed E-state index contributed by atoms with van der Waals surface area (Å²) in [5.41, 5.74) is 2.17. The summed E-state index contributed by atoms with van der Waals surface area (Å²) < 4.78 is 83.6. The first-order valence-electron chi connectivity index (χ1n) is 11.9. The fourth-order valence-corrected chi connectivity index (χ4v) is 4.72. The Bertz CT molecular complexity index is 780. The lowest BCUT2D eigenvalue weighted by molar-refractivity contribution is -0.329. The Morgan fingerprint density at radius 1 is 1.11 bits per heavy atom. The highest BCUT2D eigenvalue weighted by Crippen LogP contribution is 2.34. The zero-order chi connectivity index (χ0) is 28.6. The smallest absolute Gasteiger partial charge is 0.185 e. The van der Waals surface area contributed by atoms with Gasteiger partial charge in [-0.1, -0.05) is 5.92 Å². The minimum absolute atomic E-state index is 0.0209. The maximum absolute atomic E-state index is 14.4. The molecule has 0 aromatic carbocycles. The number of likely N-dealkylation sites (N-methyl/N-ethyl adjacent to an activating group) is 2. The summed E-state index contributed by atoms with van der Waals surface area (Å²) >= 11 is 0. The third-order valence-corrected chi connectivity index (χ3v) is 6.64. The largest absolute Gasteiger partial charge is 0.388 e. The Morgan fingerprint density at radius 3 is 2.34 bits per heavy atom. The predicted molar refractivity (Wildman–Crippen MR) is 120 cm³/mol. The quantitative estimate of drug-likeness (QED) is 0.0647. The van der Waals surface area contributed by atoms with Crippen molar-refractivity contribution in [3.8, 4) is 11.8 Å². The van der Waals surface area contributed by atoms with E-state index < -0.39 is 79.8 Å². The van der Waals surface area contributed by atoms with Crippen LogP contribution in [-0.2, 0) is 14.2 Å². The van der Waals surface area contributed by atoms with Gasteiger partial charge < -0.3 is 34.6 Å². The van der Waals surface area contributed by atoms with Gasteiger partial charge in [0.25, 0.3) is 0 Å². The molecule has 1 saturated carbocycles. The maximum atomic E-state index is 14.4. The third kappa shape index (κ3) is 8.13. The Balaban J connectivity index is 2.20. The van der Waals surface area contributed by atoms with Crippen LogP contribution in [0.4, 0.5) is 22.4 Å². The summed E-state index contributed by atoms with van der Waals surface area (Å²) in [7, 11) is 1.93. The normalized spacial score (nSPS) is 37.6. The van der Waals surface area contributed by atoms with Gasteiger partial charge >= 0.3 is 0 Å². The van der Waals surface area contributed by atoms with Crippen molar-refractivity contribution in [1.82, 2.24) is 26.9 Å². The van der Waals surface area contributed by atoms with Gasteiger partial charge in [0.2, 0.25) is 0 Å². The van der Waals surface area contributed by atoms with Gasteiger partial charge in [-0.2, -0.15) is 11.1 Å². The van der Waals surface area contributed by atoms with Crippen LogP contribution in [0.1, 0.15) is 26.2 Å². The minimum atomic E-state index is -1.95. The van der Waals surface area contributed by atoms with Gasteiger partial charge in [0.15, 0.2) is 12.6 Å². The first kappa shape index (κ1) is 32.9. The number of nitrogens with one attached hydrogen (secondary N) is 3. The lowest BCUT2D eigenvalue weighted by Gasteiger charge is -2.49. The number of ether oxygens (including phenoxy) is 3. The molecule has 11 unspecified atom stereocenters. The second kappa shape index (κ2) is 14.9. The first-order valence-corrected chi connectivity index (χ1v) is 11.9. The van der Waals surface area contributed by atoms with E-state index >= 15 is 0 Å². The summed E-state index contributed by atoms with van der Waals surface area (Å²) in [6, 6.07) is -5.65. The van der Waals surface area contributed by atoms with E-state index in [0.29, 0.717) is 0 Å². The average Bonchev–Trinajstić information content (AvgIpc) is 2.84. The van der Waals surface area contributed by atoms with E-state index in [4.69, 9.17) is 14.2 Å². The van der Waals surface area contributed by atoms with Gasteiger partial charge in [-0.05, 0) is 19.8 Å². The van der Waals surface area contributed by atoms with Gasteiger partial charge in [-0.25, -0.2) is 0 Å². The van der Waals surface area contributed by atoms with Crippen LogP contribution < -0.4 is 16.6 Å². The van der Waals surface area contributed by atoms with E-state index in [0.717, 1.165) is 14.1 Å². The number of halogens is 5. The van der Waals surface area contributed by atoms with E-state index in [9.17, 15) is 42.8 Å². The van der Waals surface area contributed by atoms with E-state index in [1.807, 2.05) is 0 Å². The van der Waals surface area contributed by atoms with Crippen molar-refractivity contribution in [2.75, 3.05) is 27.2 Å². The molecule has 1 aliphatic heterocycles. The SMILES string of the molecule is CN(F)C1CC(NF)C(OC(O)C(CCC#CCNF)NF)C(O)C1OC1OCC(C)(O)C(N(C)F)C1O. The number of hydrogen-bond donors (Lipinski definition) is 7. The summed E-state index contributed by atoms with van der Waals surface area (Å²) in [6.07, 6.45) is -11.0. The molecule has 1 heterocycles. The molecule has 2 aliphatic rings. The average molecular weight is 566 g/mol. The monoisotopic (exact) mass is 565 g/mol. The molecule has 1 saturated heterocycles. The van der Waals surface area contributed by atoms with Gasteiger partial charge in [-0.3, -0.25) is 0 Å². The summed E-state index contributed by atoms with van der Waals surface area (Å²) in [5.74, 6) is 4.93. The second-order valence-electron chi connectivity index (χ2n) is 9.54. The molecule has 1 aliphatic carbocycles. The third-order valence-electron chi connectivity index (χ3n) is 6.64. The molecule has 0 amide bonds.